The summed E-state index contributed by atoms with van der Waals surface area (Å²) in [6.45, 7) is -13.0. The zero-order chi connectivity index (χ0) is 84.0. The van der Waals surface area contributed by atoms with E-state index in [1.165, 1.54) is 42.5 Å². The van der Waals surface area contributed by atoms with Crippen LogP contribution >= 0.6 is 0 Å². The molecule has 111 heavy (non-hydrogen) atoms. The van der Waals surface area contributed by atoms with Gasteiger partial charge in [0.05, 0.1) is 19.6 Å². The summed E-state index contributed by atoms with van der Waals surface area (Å²) in [5.41, 5.74) is -1.79. The standard InChI is InChI=1S/C63H42F32O12S4/c64-48(65)56(80,81)60(88,89)52(72,73)26-104-108(96,97)33-14-18-39-40-19-15-34(109(98,99)105-27-53(74,75)61(90,91)57(82,83)49(66)67)23-44(40)37(43(39)22-33)10-4-8-31-12-13-32(47(31)30-6-2-1-3-7-30)9-5-11-38-45-24-35(110(100,101)106-28-54(76,77)62(92,93)58(84,85)50(68)69)16-20-41(45)42-21-17-36(25-46(38)42)111(102,103)107-29-55(78,79)63(94,95)59(86,87)51(70)71/h1-11,14-25,37,39,43,48-51H,12-13,26-29H2/b9-5+,10-4+,31-8+. The number of hydrogen-bond donors (Lipinski definition) is 0. The van der Waals surface area contributed by atoms with Crippen molar-refractivity contribution in [3.63, 3.8) is 0 Å². The molecular weight excluding hydrogens is 1680 g/mol. The second kappa shape index (κ2) is 30.0. The van der Waals surface area contributed by atoms with Gasteiger partial charge in [-0.15, -0.1) is 0 Å². The average molecular weight is 1730 g/mol. The largest absolute Gasteiger partial charge is 0.380 e. The van der Waals surface area contributed by atoms with Gasteiger partial charge in [0.2, 0.25) is 0 Å². The molecule has 12 nitrogen and oxygen atoms in total. The molecule has 0 fully saturated rings. The number of halogens is 32. The second-order valence-electron chi connectivity index (χ2n) is 24.2. The number of benzene rings is 4. The average Bonchev–Trinajstić information content (AvgIpc) is 1.72. The fraction of sp³-hybridized carbons (Fsp3) is 0.397. The molecule has 0 N–H and O–H groups in total. The number of alkyl halides is 32. The Bertz CT molecular complexity index is 4810. The number of hydrogen-bond acceptors (Lipinski definition) is 12. The van der Waals surface area contributed by atoms with Crippen molar-refractivity contribution in [1.82, 2.24) is 0 Å². The first-order valence-electron chi connectivity index (χ1n) is 30.0. The highest BCUT2D eigenvalue weighted by Crippen LogP contribution is 2.57. The third kappa shape index (κ3) is 16.1. The van der Waals surface area contributed by atoms with E-state index in [0.29, 0.717) is 48.6 Å². The lowest BCUT2D eigenvalue weighted by molar-refractivity contribution is -0.342. The zero-order valence-electron chi connectivity index (χ0n) is 53.7. The lowest BCUT2D eigenvalue weighted by Crippen LogP contribution is -2.59. The zero-order valence-corrected chi connectivity index (χ0v) is 57.0. The fourth-order valence-corrected chi connectivity index (χ4v) is 15.0. The molecule has 4 aliphatic rings. The Morgan fingerprint density at radius 3 is 1.16 bits per heavy atom. The van der Waals surface area contributed by atoms with E-state index in [4.69, 9.17) is 0 Å². The van der Waals surface area contributed by atoms with Gasteiger partial charge in [0.1, 0.15) is 26.4 Å². The SMILES string of the molecule is O=S(=O)(OCC(F)(F)C(F)(F)C(F)(F)C(F)F)C1=CC2C(C=C1)c1ccc(S(=O)(=O)OCC(F)(F)C(F)(F)C(F)(F)C(F)F)cc1C2/C=C/C=C1\CCC(/C=C/C=C2c3cc(S(=O)(=O)OCC(F)(F)C(F)(F)C(F)(F)C(F)F)ccc3-c3ccc(S(=O)(=O)OCC(F)(F)C(F)(F)C(F)(F)C(F)F)cc32)=C1c1ccccc1. The predicted molar refractivity (Wildman–Crippen MR) is 318 cm³/mol. The molecule has 0 aliphatic heterocycles. The summed E-state index contributed by atoms with van der Waals surface area (Å²) in [5, 5.41) is 0. The van der Waals surface area contributed by atoms with Crippen LogP contribution in [0.2, 0.25) is 0 Å². The van der Waals surface area contributed by atoms with Crippen molar-refractivity contribution in [2.45, 2.75) is 136 Å². The van der Waals surface area contributed by atoms with Crippen LogP contribution in [0.25, 0.3) is 22.3 Å². The topological polar surface area (TPSA) is 173 Å². The lowest BCUT2D eigenvalue weighted by Gasteiger charge is -2.31. The Kier molecular flexibility index (Phi) is 24.1. The number of fused-ring (bicyclic) bond motifs is 6. The normalized spacial score (nSPS) is 18.9. The van der Waals surface area contributed by atoms with Gasteiger partial charge in [0.15, 0.2) is 0 Å². The molecule has 48 heteroatoms. The van der Waals surface area contributed by atoms with Crippen LogP contribution in [-0.2, 0) is 57.2 Å². The van der Waals surface area contributed by atoms with Crippen LogP contribution < -0.4 is 0 Å². The van der Waals surface area contributed by atoms with E-state index in [2.05, 4.69) is 16.7 Å². The van der Waals surface area contributed by atoms with Gasteiger partial charge in [-0.05, 0) is 122 Å². The highest BCUT2D eigenvalue weighted by atomic mass is 32.2. The highest BCUT2D eigenvalue weighted by molar-refractivity contribution is 7.91. The lowest BCUT2D eigenvalue weighted by atomic mass is 9.83. The molecule has 0 amide bonds. The van der Waals surface area contributed by atoms with Crippen LogP contribution in [0.5, 0.6) is 0 Å². The first-order chi connectivity index (χ1) is 50.4. The molecule has 3 unspecified atom stereocenters. The summed E-state index contributed by atoms with van der Waals surface area (Å²) in [4.78, 5) is -5.40. The van der Waals surface area contributed by atoms with Crippen molar-refractivity contribution in [3.05, 3.63) is 183 Å². The van der Waals surface area contributed by atoms with Crippen LogP contribution in [0.1, 0.15) is 52.5 Å². The Morgan fingerprint density at radius 2 is 0.775 bits per heavy atom. The molecule has 0 saturated heterocycles. The van der Waals surface area contributed by atoms with Gasteiger partial charge in [0, 0.05) is 11.8 Å². The smallest absolute Gasteiger partial charge is 0.260 e. The third-order valence-electron chi connectivity index (χ3n) is 17.2. The summed E-state index contributed by atoms with van der Waals surface area (Å²) >= 11 is 0. The molecule has 0 heterocycles. The van der Waals surface area contributed by atoms with Gasteiger partial charge in [-0.25, -0.2) is 35.1 Å². The van der Waals surface area contributed by atoms with Crippen molar-refractivity contribution >= 4 is 51.6 Å². The first-order valence-corrected chi connectivity index (χ1v) is 35.6. The van der Waals surface area contributed by atoms with Crippen molar-refractivity contribution in [2.24, 2.45) is 5.92 Å². The summed E-state index contributed by atoms with van der Waals surface area (Å²) in [7, 11) is -23.8. The minimum atomic E-state index is -7.03. The van der Waals surface area contributed by atoms with Gasteiger partial charge in [-0.1, -0.05) is 97.1 Å². The molecule has 0 bridgehead atoms. The molecule has 3 atom stereocenters. The quantitative estimate of drug-likeness (QED) is 0.0288. The van der Waals surface area contributed by atoms with E-state index in [0.717, 1.165) is 48.6 Å². The minimum Gasteiger partial charge on any atom is -0.260 e. The fourth-order valence-electron chi connectivity index (χ4n) is 11.2. The van der Waals surface area contributed by atoms with Crippen molar-refractivity contribution in [1.29, 1.82) is 0 Å². The van der Waals surface area contributed by atoms with Crippen LogP contribution in [0.3, 0.4) is 0 Å². The van der Waals surface area contributed by atoms with E-state index in [1.807, 2.05) is 0 Å². The molecular formula is C63H42F32O12S4. The van der Waals surface area contributed by atoms with Crippen molar-refractivity contribution in [3.8, 4) is 11.1 Å². The molecule has 4 aromatic carbocycles. The van der Waals surface area contributed by atoms with E-state index < -0.39 is 218 Å². The predicted octanol–water partition coefficient (Wildman–Crippen LogP) is 18.5. The van der Waals surface area contributed by atoms with Crippen LogP contribution in [0, 0.1) is 5.92 Å². The maximum Gasteiger partial charge on any atom is 0.380 e. The first kappa shape index (κ1) is 89.0. The minimum absolute atomic E-state index is 0.107. The summed E-state index contributed by atoms with van der Waals surface area (Å²) in [6.07, 6.45) is -13.6. The Balaban J connectivity index is 1.22. The van der Waals surface area contributed by atoms with Crippen LogP contribution in [0.15, 0.2) is 170 Å². The third-order valence-corrected chi connectivity index (χ3v) is 22.2. The van der Waals surface area contributed by atoms with Gasteiger partial charge in [0.25, 0.3) is 40.5 Å². The molecule has 0 spiro atoms. The molecule has 0 radical (unpaired) electrons. The highest BCUT2D eigenvalue weighted by Gasteiger charge is 2.79. The van der Waals surface area contributed by atoms with Crippen molar-refractivity contribution in [2.75, 3.05) is 26.4 Å². The molecule has 614 valence electrons. The number of rotatable bonds is 33. The van der Waals surface area contributed by atoms with E-state index in [9.17, 15) is 174 Å². The van der Waals surface area contributed by atoms with E-state index in [1.54, 1.807) is 0 Å². The Labute approximate surface area is 603 Å². The van der Waals surface area contributed by atoms with Gasteiger partial charge >= 0.3 is 96.8 Å². The molecule has 8 rings (SSSR count). The molecule has 4 aliphatic carbocycles. The summed E-state index contributed by atoms with van der Waals surface area (Å²) in [6, 6.07) is 12.2. The molecule has 0 aromatic heterocycles. The van der Waals surface area contributed by atoms with Gasteiger partial charge in [-0.2, -0.15) is 139 Å². The Hall–Kier alpha value is -7.54. The number of allylic oxidation sites excluding steroid dienone is 12. The van der Waals surface area contributed by atoms with E-state index >= 15 is 0 Å². The molecule has 4 aromatic rings. The van der Waals surface area contributed by atoms with Gasteiger partial charge in [-0.3, -0.25) is 16.7 Å². The maximum atomic E-state index is 14.6. The van der Waals surface area contributed by atoms with Gasteiger partial charge < -0.3 is 0 Å². The molecule has 0 saturated carbocycles. The van der Waals surface area contributed by atoms with Crippen LogP contribution in [0.4, 0.5) is 140 Å². The monoisotopic (exact) mass is 1730 g/mol. The van der Waals surface area contributed by atoms with Crippen LogP contribution in [-0.4, -0.2) is 157 Å². The maximum absolute atomic E-state index is 14.6. The van der Waals surface area contributed by atoms with E-state index in [-0.39, 0.29) is 57.4 Å². The second-order valence-corrected chi connectivity index (χ2v) is 30.7. The summed E-state index contributed by atoms with van der Waals surface area (Å²) in [5.74, 6) is -85.6. The van der Waals surface area contributed by atoms with Crippen molar-refractivity contribution < 1.29 is 191 Å². The Morgan fingerprint density at radius 1 is 0.405 bits per heavy atom. The summed E-state index contributed by atoms with van der Waals surface area (Å²) < 4.78 is 565.